The molecule has 0 unspecified atom stereocenters. The van der Waals surface area contributed by atoms with Crippen LogP contribution in [-0.4, -0.2) is 22.5 Å². The normalized spacial score (nSPS) is 19.8. The van der Waals surface area contributed by atoms with Crippen LogP contribution in [0.4, 0.5) is 0 Å². The van der Waals surface area contributed by atoms with Gasteiger partial charge in [0.25, 0.3) is 0 Å². The third kappa shape index (κ3) is 6.91. The number of nitrogens with two attached hydrogens (primary N) is 1. The largest absolute Gasteiger partial charge is 0.598 e. The smallest absolute Gasteiger partial charge is 0.136 e. The van der Waals surface area contributed by atoms with Crippen LogP contribution in [0.5, 0.6) is 0 Å². The molecule has 0 amide bonds. The molecule has 1 atom stereocenters. The maximum Gasteiger partial charge on any atom is 0.136 e. The lowest BCUT2D eigenvalue weighted by atomic mass is 10.3. The van der Waals surface area contributed by atoms with Gasteiger partial charge in [0.05, 0.1) is 0 Å². The van der Waals surface area contributed by atoms with Crippen molar-refractivity contribution in [3.8, 4) is 0 Å². The zero-order valence-electron chi connectivity index (χ0n) is 8.13. The highest BCUT2D eigenvalue weighted by Gasteiger charge is 2.21. The van der Waals surface area contributed by atoms with E-state index in [0.717, 1.165) is 13.2 Å². The number of hydrogen-bond acceptors (Lipinski definition) is 3. The maximum atomic E-state index is 10.4. The van der Waals surface area contributed by atoms with Gasteiger partial charge in [-0.1, -0.05) is 0 Å². The Labute approximate surface area is 78.0 Å². The minimum atomic E-state index is -1.18. The van der Waals surface area contributed by atoms with E-state index in [1.54, 1.807) is 0 Å². The Morgan fingerprint density at radius 1 is 1.25 bits per heavy atom. The zero-order chi connectivity index (χ0) is 9.61. The minimum absolute atomic E-state index is 0.250. The van der Waals surface area contributed by atoms with E-state index in [9.17, 15) is 4.55 Å². The Kier molecular flexibility index (Phi) is 5.92. The topological polar surface area (TPSA) is 58.3 Å². The Bertz CT molecular complexity index is 101. The average Bonchev–Trinajstić information content (AvgIpc) is 2.39. The fourth-order valence-corrected chi connectivity index (χ4v) is 0.510. The van der Waals surface area contributed by atoms with E-state index < -0.39 is 11.4 Å². The second-order valence-corrected chi connectivity index (χ2v) is 5.55. The van der Waals surface area contributed by atoms with Crippen LogP contribution in [0.2, 0.25) is 0 Å². The van der Waals surface area contributed by atoms with Gasteiger partial charge in [-0.15, -0.1) is 0 Å². The van der Waals surface area contributed by atoms with Crippen molar-refractivity contribution in [2.45, 2.75) is 38.4 Å². The van der Waals surface area contributed by atoms with Crippen molar-refractivity contribution in [3.63, 3.8) is 0 Å². The van der Waals surface area contributed by atoms with Gasteiger partial charge >= 0.3 is 0 Å². The fourth-order valence-electron chi connectivity index (χ4n) is 0.510. The van der Waals surface area contributed by atoms with Gasteiger partial charge in [-0.05, 0) is 33.6 Å². The Morgan fingerprint density at radius 2 is 1.58 bits per heavy atom. The summed E-state index contributed by atoms with van der Waals surface area (Å²) in [6.45, 7) is 7.51. The molecule has 1 fully saturated rings. The second kappa shape index (κ2) is 5.80. The summed E-state index contributed by atoms with van der Waals surface area (Å²) >= 11 is -1.18. The van der Waals surface area contributed by atoms with Crippen LogP contribution < -0.4 is 5.14 Å². The molecule has 1 saturated heterocycles. The monoisotopic (exact) mass is 193 g/mol. The number of ether oxygens (including phenoxy) is 1. The van der Waals surface area contributed by atoms with Crippen molar-refractivity contribution in [2.75, 3.05) is 13.2 Å². The van der Waals surface area contributed by atoms with E-state index in [0.29, 0.717) is 0 Å². The molecule has 3 nitrogen and oxygen atoms in total. The highest BCUT2D eigenvalue weighted by Crippen LogP contribution is 2.09. The molecule has 1 aliphatic rings. The Hall–Kier alpha value is 0.230. The molecule has 0 aliphatic carbocycles. The molecule has 0 radical (unpaired) electrons. The van der Waals surface area contributed by atoms with Crippen molar-refractivity contribution in [3.05, 3.63) is 0 Å². The third-order valence-corrected chi connectivity index (χ3v) is 2.64. The van der Waals surface area contributed by atoms with Gasteiger partial charge < -0.3 is 9.29 Å². The van der Waals surface area contributed by atoms with Crippen molar-refractivity contribution < 1.29 is 9.29 Å². The molecule has 12 heavy (non-hydrogen) atoms. The van der Waals surface area contributed by atoms with Crippen LogP contribution >= 0.6 is 0 Å². The van der Waals surface area contributed by atoms with Gasteiger partial charge in [0, 0.05) is 24.6 Å². The van der Waals surface area contributed by atoms with Crippen molar-refractivity contribution in [1.82, 2.24) is 0 Å². The summed E-state index contributed by atoms with van der Waals surface area (Å²) in [5.74, 6) is 0. The first kappa shape index (κ1) is 12.2. The van der Waals surface area contributed by atoms with Gasteiger partial charge in [-0.25, -0.2) is 0 Å². The van der Waals surface area contributed by atoms with E-state index in [1.165, 1.54) is 12.8 Å². The first-order valence-corrected chi connectivity index (χ1v) is 5.40. The van der Waals surface area contributed by atoms with Crippen molar-refractivity contribution in [2.24, 2.45) is 5.14 Å². The Balaban J connectivity index is 0.000000211. The molecule has 1 aliphatic heterocycles. The lowest BCUT2D eigenvalue weighted by Gasteiger charge is -2.17. The third-order valence-electron chi connectivity index (χ3n) is 1.43. The average molecular weight is 193 g/mol. The second-order valence-electron chi connectivity index (χ2n) is 3.73. The molecule has 1 rings (SSSR count). The van der Waals surface area contributed by atoms with E-state index in [-0.39, 0.29) is 4.75 Å². The number of hydrogen-bond donors (Lipinski definition) is 1. The molecule has 0 spiro atoms. The van der Waals surface area contributed by atoms with Gasteiger partial charge in [0.2, 0.25) is 0 Å². The standard InChI is InChI=1S/C4H11NOS.C4H8O/c1-4(2,3)7(5)6;1-2-4-5-3-1/h5H2,1-3H3;1-4H2/t7-;/m1./s1. The van der Waals surface area contributed by atoms with Crippen molar-refractivity contribution in [1.29, 1.82) is 0 Å². The summed E-state index contributed by atoms with van der Waals surface area (Å²) in [6, 6.07) is 0. The van der Waals surface area contributed by atoms with Crippen LogP contribution in [0.1, 0.15) is 33.6 Å². The van der Waals surface area contributed by atoms with Crippen LogP contribution in [0, 0.1) is 0 Å². The first-order chi connectivity index (χ1) is 5.44. The van der Waals surface area contributed by atoms with Crippen LogP contribution in [-0.2, 0) is 16.1 Å². The molecule has 0 aromatic rings. The highest BCUT2D eigenvalue weighted by molar-refractivity contribution is 7.90. The summed E-state index contributed by atoms with van der Waals surface area (Å²) in [5.41, 5.74) is 0. The summed E-state index contributed by atoms with van der Waals surface area (Å²) < 4.78 is 15.0. The lowest BCUT2D eigenvalue weighted by Crippen LogP contribution is -2.34. The summed E-state index contributed by atoms with van der Waals surface area (Å²) in [4.78, 5) is 0. The van der Waals surface area contributed by atoms with Gasteiger partial charge in [-0.3, -0.25) is 0 Å². The molecule has 0 aromatic carbocycles. The van der Waals surface area contributed by atoms with Crippen LogP contribution in [0.3, 0.4) is 0 Å². The predicted molar refractivity (Wildman–Crippen MR) is 52.1 cm³/mol. The highest BCUT2D eigenvalue weighted by atomic mass is 32.2. The van der Waals surface area contributed by atoms with Gasteiger partial charge in [0.1, 0.15) is 4.75 Å². The van der Waals surface area contributed by atoms with E-state index in [2.05, 4.69) is 0 Å². The molecular weight excluding hydrogens is 174 g/mol. The molecule has 0 saturated carbocycles. The summed E-state index contributed by atoms with van der Waals surface area (Å²) in [7, 11) is 0. The first-order valence-electron chi connectivity index (χ1n) is 4.18. The summed E-state index contributed by atoms with van der Waals surface area (Å²) in [5, 5.41) is 5.04. The molecular formula is C8H19NO2S. The maximum absolute atomic E-state index is 10.4. The molecule has 1 heterocycles. The minimum Gasteiger partial charge on any atom is -0.598 e. The van der Waals surface area contributed by atoms with Gasteiger partial charge in [-0.2, -0.15) is 5.14 Å². The van der Waals surface area contributed by atoms with Crippen molar-refractivity contribution >= 4 is 11.4 Å². The van der Waals surface area contributed by atoms with E-state index in [1.807, 2.05) is 20.8 Å². The van der Waals surface area contributed by atoms with E-state index >= 15 is 0 Å². The van der Waals surface area contributed by atoms with E-state index in [4.69, 9.17) is 9.88 Å². The summed E-state index contributed by atoms with van der Waals surface area (Å²) in [6.07, 6.45) is 2.56. The van der Waals surface area contributed by atoms with Gasteiger partial charge in [0.15, 0.2) is 0 Å². The molecule has 0 bridgehead atoms. The van der Waals surface area contributed by atoms with Crippen LogP contribution in [0.25, 0.3) is 0 Å². The predicted octanol–water partition coefficient (Wildman–Crippen LogP) is 1.20. The fraction of sp³-hybridized carbons (Fsp3) is 1.00. The zero-order valence-corrected chi connectivity index (χ0v) is 8.95. The quantitative estimate of drug-likeness (QED) is 0.588. The molecule has 74 valence electrons. The van der Waals surface area contributed by atoms with Crippen LogP contribution in [0.15, 0.2) is 0 Å². The molecule has 4 heteroatoms. The number of rotatable bonds is 0. The SMILES string of the molecule is C1CCOC1.CC(C)(C)[S@+](N)[O-]. The Morgan fingerprint density at radius 3 is 1.67 bits per heavy atom. The lowest BCUT2D eigenvalue weighted by molar-refractivity contribution is 0.198. The molecule has 2 N–H and O–H groups in total. The molecule has 0 aromatic heterocycles.